The largest absolute Gasteiger partial charge is 0.476 e. The maximum absolute atomic E-state index is 10.6. The summed E-state index contributed by atoms with van der Waals surface area (Å²) in [7, 11) is 0. The molecule has 0 spiro atoms. The summed E-state index contributed by atoms with van der Waals surface area (Å²) in [6.07, 6.45) is 2.13. The number of carboxylic acids is 1. The molecule has 1 aliphatic carbocycles. The molecule has 3 N–H and O–H groups in total. The van der Waals surface area contributed by atoms with E-state index in [2.05, 4.69) is 10.3 Å². The summed E-state index contributed by atoms with van der Waals surface area (Å²) in [5.41, 5.74) is 0.821. The fourth-order valence-corrected chi connectivity index (χ4v) is 2.16. The van der Waals surface area contributed by atoms with Gasteiger partial charge in [0.1, 0.15) is 0 Å². The van der Waals surface area contributed by atoms with Gasteiger partial charge in [-0.3, -0.25) is 0 Å². The maximum Gasteiger partial charge on any atom is 0.365 e. The second-order valence-electron chi connectivity index (χ2n) is 4.21. The zero-order valence-electron chi connectivity index (χ0n) is 8.77. The van der Waals surface area contributed by atoms with Crippen molar-refractivity contribution in [2.45, 2.75) is 19.4 Å². The molecule has 0 atom stereocenters. The normalized spacial score (nSPS) is 17.3. The fraction of sp³-hybridized carbons (Fsp3) is 0.600. The van der Waals surface area contributed by atoms with Gasteiger partial charge in [-0.25, -0.2) is 9.78 Å². The molecule has 1 aromatic rings. The van der Waals surface area contributed by atoms with Crippen LogP contribution >= 0.6 is 11.3 Å². The molecule has 0 amide bonds. The molecule has 0 aromatic carbocycles. The standard InChI is InChI=1S/C10H14N2O3S/c13-6-10(1-2-10)5-11-3-7-4-16-8(12-7)9(14)15/h4,11,13H,1-3,5-6H2,(H,14,15). The number of carboxylic acid groups (broad SMARTS) is 1. The predicted molar refractivity (Wildman–Crippen MR) is 59.5 cm³/mol. The molecule has 1 aromatic heterocycles. The van der Waals surface area contributed by atoms with Crippen LogP contribution in [0.4, 0.5) is 0 Å². The fourth-order valence-electron chi connectivity index (χ4n) is 1.51. The highest BCUT2D eigenvalue weighted by molar-refractivity contribution is 7.11. The summed E-state index contributed by atoms with van der Waals surface area (Å²) >= 11 is 1.14. The minimum absolute atomic E-state index is 0.0750. The molecule has 1 saturated carbocycles. The number of hydrogen-bond donors (Lipinski definition) is 3. The lowest BCUT2D eigenvalue weighted by Crippen LogP contribution is -2.26. The van der Waals surface area contributed by atoms with E-state index in [-0.39, 0.29) is 17.0 Å². The Balaban J connectivity index is 1.79. The Hall–Kier alpha value is -0.980. The molecule has 1 heterocycles. The first-order valence-corrected chi connectivity index (χ1v) is 6.02. The van der Waals surface area contributed by atoms with E-state index in [1.807, 2.05) is 0 Å². The lowest BCUT2D eigenvalue weighted by atomic mass is 10.1. The van der Waals surface area contributed by atoms with E-state index in [0.717, 1.165) is 36.4 Å². The third kappa shape index (κ3) is 2.58. The Bertz CT molecular complexity index is 387. The maximum atomic E-state index is 10.6. The number of nitrogens with one attached hydrogen (secondary N) is 1. The monoisotopic (exact) mass is 242 g/mol. The van der Waals surface area contributed by atoms with Crippen LogP contribution in [-0.4, -0.2) is 34.3 Å². The van der Waals surface area contributed by atoms with Gasteiger partial charge < -0.3 is 15.5 Å². The van der Waals surface area contributed by atoms with Crippen molar-refractivity contribution < 1.29 is 15.0 Å². The first kappa shape index (κ1) is 11.5. The van der Waals surface area contributed by atoms with E-state index in [0.29, 0.717) is 6.54 Å². The molecule has 1 aliphatic rings. The van der Waals surface area contributed by atoms with Crippen molar-refractivity contribution in [1.29, 1.82) is 0 Å². The van der Waals surface area contributed by atoms with Crippen molar-refractivity contribution in [3.8, 4) is 0 Å². The number of aromatic carboxylic acids is 1. The van der Waals surface area contributed by atoms with Crippen molar-refractivity contribution in [1.82, 2.24) is 10.3 Å². The molecule has 88 valence electrons. The van der Waals surface area contributed by atoms with Gasteiger partial charge in [-0.05, 0) is 12.8 Å². The number of aliphatic hydroxyl groups is 1. The Morgan fingerprint density at radius 2 is 2.38 bits per heavy atom. The highest BCUT2D eigenvalue weighted by Gasteiger charge is 2.41. The molecule has 0 aliphatic heterocycles. The molecule has 1 fully saturated rings. The summed E-state index contributed by atoms with van der Waals surface area (Å²) in [6.45, 7) is 1.55. The van der Waals surface area contributed by atoms with E-state index in [1.165, 1.54) is 0 Å². The highest BCUT2D eigenvalue weighted by atomic mass is 32.1. The number of aliphatic hydroxyl groups excluding tert-OH is 1. The van der Waals surface area contributed by atoms with Gasteiger partial charge in [0.25, 0.3) is 0 Å². The number of carbonyl (C=O) groups is 1. The first-order valence-electron chi connectivity index (χ1n) is 5.14. The van der Waals surface area contributed by atoms with Crippen molar-refractivity contribution in [3.05, 3.63) is 16.1 Å². The minimum Gasteiger partial charge on any atom is -0.476 e. The van der Waals surface area contributed by atoms with E-state index in [9.17, 15) is 4.79 Å². The van der Waals surface area contributed by atoms with Crippen LogP contribution in [0.25, 0.3) is 0 Å². The van der Waals surface area contributed by atoms with Gasteiger partial charge in [0.15, 0.2) is 0 Å². The van der Waals surface area contributed by atoms with E-state index >= 15 is 0 Å². The number of aromatic nitrogens is 1. The topological polar surface area (TPSA) is 82.5 Å². The molecule has 6 heteroatoms. The highest BCUT2D eigenvalue weighted by Crippen LogP contribution is 2.44. The molecular formula is C10H14N2O3S. The third-order valence-corrected chi connectivity index (χ3v) is 3.71. The number of rotatable bonds is 6. The zero-order chi connectivity index (χ0) is 11.6. The molecule has 0 unspecified atom stereocenters. The molecule has 5 nitrogen and oxygen atoms in total. The van der Waals surface area contributed by atoms with Crippen LogP contribution in [0.15, 0.2) is 5.38 Å². The third-order valence-electron chi connectivity index (χ3n) is 2.83. The smallest absolute Gasteiger partial charge is 0.365 e. The van der Waals surface area contributed by atoms with Crippen LogP contribution in [0.3, 0.4) is 0 Å². The molecule has 0 saturated heterocycles. The zero-order valence-corrected chi connectivity index (χ0v) is 9.59. The van der Waals surface area contributed by atoms with Gasteiger partial charge >= 0.3 is 5.97 Å². The van der Waals surface area contributed by atoms with Gasteiger partial charge in [-0.15, -0.1) is 11.3 Å². The van der Waals surface area contributed by atoms with Gasteiger partial charge in [0, 0.05) is 30.5 Å². The number of hydrogen-bond acceptors (Lipinski definition) is 5. The summed E-state index contributed by atoms with van der Waals surface area (Å²) in [5, 5.41) is 22.9. The number of thiazole rings is 1. The van der Waals surface area contributed by atoms with Gasteiger partial charge in [0.2, 0.25) is 5.01 Å². The Morgan fingerprint density at radius 3 is 2.88 bits per heavy atom. The second kappa shape index (κ2) is 4.48. The second-order valence-corrected chi connectivity index (χ2v) is 5.07. The van der Waals surface area contributed by atoms with Crippen molar-refractivity contribution in [2.24, 2.45) is 5.41 Å². The Kier molecular flexibility index (Phi) is 3.22. The average Bonchev–Trinajstić information content (AvgIpc) is 2.88. The van der Waals surface area contributed by atoms with Gasteiger partial charge in [-0.1, -0.05) is 0 Å². The lowest BCUT2D eigenvalue weighted by molar-refractivity contribution is 0.0696. The molecule has 0 bridgehead atoms. The summed E-state index contributed by atoms with van der Waals surface area (Å²) in [5.74, 6) is -0.981. The van der Waals surface area contributed by atoms with Crippen LogP contribution in [0, 0.1) is 5.41 Å². The lowest BCUT2D eigenvalue weighted by Gasteiger charge is -2.11. The molecule has 2 rings (SSSR count). The van der Waals surface area contributed by atoms with E-state index < -0.39 is 5.97 Å². The SMILES string of the molecule is O=C(O)c1nc(CNCC2(CO)CC2)cs1. The van der Waals surface area contributed by atoms with Gasteiger partial charge in [-0.2, -0.15) is 0 Å². The van der Waals surface area contributed by atoms with Crippen LogP contribution < -0.4 is 5.32 Å². The number of nitrogens with zero attached hydrogens (tertiary/aromatic N) is 1. The summed E-state index contributed by atoms with van der Waals surface area (Å²) in [4.78, 5) is 14.6. The van der Waals surface area contributed by atoms with Gasteiger partial charge in [0.05, 0.1) is 5.69 Å². The van der Waals surface area contributed by atoms with Crippen LogP contribution in [0.2, 0.25) is 0 Å². The van der Waals surface area contributed by atoms with Crippen LogP contribution in [0.1, 0.15) is 28.3 Å². The predicted octanol–water partition coefficient (Wildman–Crippen LogP) is 0.703. The van der Waals surface area contributed by atoms with E-state index in [4.69, 9.17) is 10.2 Å². The Morgan fingerprint density at radius 1 is 1.62 bits per heavy atom. The molecule has 16 heavy (non-hydrogen) atoms. The quantitative estimate of drug-likeness (QED) is 0.684. The summed E-state index contributed by atoms with van der Waals surface area (Å²) in [6, 6.07) is 0. The average molecular weight is 242 g/mol. The van der Waals surface area contributed by atoms with Crippen LogP contribution in [0.5, 0.6) is 0 Å². The van der Waals surface area contributed by atoms with Crippen molar-refractivity contribution >= 4 is 17.3 Å². The Labute approximate surface area is 97.1 Å². The molecular weight excluding hydrogens is 228 g/mol. The molecule has 0 radical (unpaired) electrons. The van der Waals surface area contributed by atoms with Crippen LogP contribution in [-0.2, 0) is 6.54 Å². The van der Waals surface area contributed by atoms with E-state index in [1.54, 1.807) is 5.38 Å². The van der Waals surface area contributed by atoms with Crippen molar-refractivity contribution in [2.75, 3.05) is 13.2 Å². The van der Waals surface area contributed by atoms with Crippen molar-refractivity contribution in [3.63, 3.8) is 0 Å². The minimum atomic E-state index is -0.981. The first-order chi connectivity index (χ1) is 7.65. The summed E-state index contributed by atoms with van der Waals surface area (Å²) < 4.78 is 0.